The van der Waals surface area contributed by atoms with E-state index in [2.05, 4.69) is 5.32 Å². The molecule has 2 rings (SSSR count). The molecule has 1 N–H and O–H groups in total. The number of rotatable bonds is 4. The van der Waals surface area contributed by atoms with Gasteiger partial charge in [0.25, 0.3) is 0 Å². The summed E-state index contributed by atoms with van der Waals surface area (Å²) in [4.78, 5) is 12.0. The minimum absolute atomic E-state index is 0.117. The molecule has 102 valence electrons. The number of ketones is 1. The molecule has 0 saturated heterocycles. The van der Waals surface area contributed by atoms with Crippen molar-refractivity contribution in [3.8, 4) is 0 Å². The first kappa shape index (κ1) is 14.3. The maximum absolute atomic E-state index is 12.8. The van der Waals surface area contributed by atoms with E-state index in [0.29, 0.717) is 16.3 Å². The van der Waals surface area contributed by atoms with Crippen LogP contribution in [-0.2, 0) is 0 Å². The second kappa shape index (κ2) is 6.35. The lowest BCUT2D eigenvalue weighted by atomic mass is 10.1. The Hall–Kier alpha value is -2.13. The SMILES string of the molecule is CC(=CC(=O)c1ccc(Cl)cc1)Nc1ccc(F)cc1. The van der Waals surface area contributed by atoms with Gasteiger partial charge in [-0.25, -0.2) is 4.39 Å². The fourth-order valence-corrected chi connectivity index (χ4v) is 1.82. The molecule has 0 aliphatic heterocycles. The van der Waals surface area contributed by atoms with Crippen LogP contribution < -0.4 is 5.32 Å². The van der Waals surface area contributed by atoms with Gasteiger partial charge in [0.2, 0.25) is 0 Å². The topological polar surface area (TPSA) is 29.1 Å². The summed E-state index contributed by atoms with van der Waals surface area (Å²) in [5, 5.41) is 3.62. The van der Waals surface area contributed by atoms with Crippen molar-refractivity contribution >= 4 is 23.1 Å². The first-order chi connectivity index (χ1) is 9.54. The smallest absolute Gasteiger partial charge is 0.187 e. The zero-order valence-electron chi connectivity index (χ0n) is 10.9. The van der Waals surface area contributed by atoms with Crippen LogP contribution in [0, 0.1) is 5.82 Å². The van der Waals surface area contributed by atoms with Crippen molar-refractivity contribution in [1.29, 1.82) is 0 Å². The highest BCUT2D eigenvalue weighted by Crippen LogP contribution is 2.13. The van der Waals surface area contributed by atoms with Crippen LogP contribution in [0.15, 0.2) is 60.3 Å². The molecule has 2 nitrogen and oxygen atoms in total. The molecular weight excluding hydrogens is 277 g/mol. The zero-order valence-corrected chi connectivity index (χ0v) is 11.6. The van der Waals surface area contributed by atoms with Crippen LogP contribution in [0.25, 0.3) is 0 Å². The van der Waals surface area contributed by atoms with Crippen molar-refractivity contribution in [2.45, 2.75) is 6.92 Å². The normalized spacial score (nSPS) is 11.2. The number of benzene rings is 2. The van der Waals surface area contributed by atoms with Crippen molar-refractivity contribution in [3.05, 3.63) is 76.7 Å². The Kier molecular flexibility index (Phi) is 4.53. The molecule has 0 spiro atoms. The summed E-state index contributed by atoms with van der Waals surface area (Å²) in [6.07, 6.45) is 1.49. The third-order valence-corrected chi connectivity index (χ3v) is 2.91. The van der Waals surface area contributed by atoms with Crippen LogP contribution in [0.1, 0.15) is 17.3 Å². The number of hydrogen-bond donors (Lipinski definition) is 1. The number of anilines is 1. The molecule has 0 amide bonds. The Morgan fingerprint density at radius 3 is 2.30 bits per heavy atom. The van der Waals surface area contributed by atoms with E-state index in [1.807, 2.05) is 0 Å². The maximum atomic E-state index is 12.8. The summed E-state index contributed by atoms with van der Waals surface area (Å²) in [5.41, 5.74) is 1.97. The molecule has 0 saturated carbocycles. The summed E-state index contributed by atoms with van der Waals surface area (Å²) in [5.74, 6) is -0.414. The molecule has 0 unspecified atom stereocenters. The van der Waals surface area contributed by atoms with Gasteiger partial charge in [-0.1, -0.05) is 11.6 Å². The average Bonchev–Trinajstić information content (AvgIpc) is 2.42. The van der Waals surface area contributed by atoms with Gasteiger partial charge >= 0.3 is 0 Å². The van der Waals surface area contributed by atoms with E-state index in [1.54, 1.807) is 43.3 Å². The highest BCUT2D eigenvalue weighted by atomic mass is 35.5. The molecule has 0 aliphatic rings. The summed E-state index contributed by atoms with van der Waals surface area (Å²) in [7, 11) is 0. The molecule has 0 atom stereocenters. The molecule has 0 bridgehead atoms. The second-order valence-electron chi connectivity index (χ2n) is 4.33. The summed E-state index contributed by atoms with van der Waals surface area (Å²) in [6, 6.07) is 12.6. The standard InChI is InChI=1S/C16H13ClFNO/c1-11(19-15-8-6-14(18)7-9-15)10-16(20)12-2-4-13(17)5-3-12/h2-10,19H,1H3. The Bertz CT molecular complexity index is 633. The van der Waals surface area contributed by atoms with Crippen LogP contribution in [0.5, 0.6) is 0 Å². The van der Waals surface area contributed by atoms with E-state index < -0.39 is 0 Å². The Labute approximate surface area is 121 Å². The second-order valence-corrected chi connectivity index (χ2v) is 4.77. The van der Waals surface area contributed by atoms with E-state index in [1.165, 1.54) is 18.2 Å². The van der Waals surface area contributed by atoms with E-state index in [4.69, 9.17) is 11.6 Å². The number of nitrogens with one attached hydrogen (secondary N) is 1. The molecule has 4 heteroatoms. The quantitative estimate of drug-likeness (QED) is 0.654. The van der Waals surface area contributed by atoms with E-state index >= 15 is 0 Å². The summed E-state index contributed by atoms with van der Waals surface area (Å²) >= 11 is 5.77. The zero-order chi connectivity index (χ0) is 14.5. The van der Waals surface area contributed by atoms with Crippen LogP contribution in [0.3, 0.4) is 0 Å². The van der Waals surface area contributed by atoms with Gasteiger partial charge in [0.05, 0.1) is 0 Å². The number of allylic oxidation sites excluding steroid dienone is 2. The predicted molar refractivity (Wildman–Crippen MR) is 79.6 cm³/mol. The molecule has 2 aromatic rings. The largest absolute Gasteiger partial charge is 0.359 e. The lowest BCUT2D eigenvalue weighted by molar-refractivity contribution is 0.104. The van der Waals surface area contributed by atoms with Crippen molar-refractivity contribution in [2.75, 3.05) is 5.32 Å². The number of halogens is 2. The molecule has 0 aliphatic carbocycles. The van der Waals surface area contributed by atoms with Crippen LogP contribution in [0.4, 0.5) is 10.1 Å². The van der Waals surface area contributed by atoms with E-state index in [-0.39, 0.29) is 11.6 Å². The third-order valence-electron chi connectivity index (χ3n) is 2.66. The Balaban J connectivity index is 2.07. The van der Waals surface area contributed by atoms with Crippen molar-refractivity contribution in [1.82, 2.24) is 0 Å². The van der Waals surface area contributed by atoms with E-state index in [0.717, 1.165) is 5.69 Å². The van der Waals surface area contributed by atoms with Crippen molar-refractivity contribution in [3.63, 3.8) is 0 Å². The first-order valence-corrected chi connectivity index (χ1v) is 6.43. The number of carbonyl (C=O) groups excluding carboxylic acids is 1. The molecular formula is C16H13ClFNO. The van der Waals surface area contributed by atoms with E-state index in [9.17, 15) is 9.18 Å². The molecule has 0 aromatic heterocycles. The van der Waals surface area contributed by atoms with Gasteiger partial charge in [-0.05, 0) is 55.5 Å². The van der Waals surface area contributed by atoms with Gasteiger partial charge < -0.3 is 5.32 Å². The number of carbonyl (C=O) groups is 1. The molecule has 0 radical (unpaired) electrons. The first-order valence-electron chi connectivity index (χ1n) is 6.05. The van der Waals surface area contributed by atoms with Gasteiger partial charge in [-0.2, -0.15) is 0 Å². The van der Waals surface area contributed by atoms with Gasteiger partial charge in [0.15, 0.2) is 5.78 Å². The maximum Gasteiger partial charge on any atom is 0.187 e. The number of hydrogen-bond acceptors (Lipinski definition) is 2. The van der Waals surface area contributed by atoms with Crippen LogP contribution >= 0.6 is 11.6 Å². The minimum Gasteiger partial charge on any atom is -0.359 e. The molecule has 20 heavy (non-hydrogen) atoms. The fourth-order valence-electron chi connectivity index (χ4n) is 1.69. The lowest BCUT2D eigenvalue weighted by Gasteiger charge is -2.06. The Morgan fingerprint density at radius 1 is 1.10 bits per heavy atom. The monoisotopic (exact) mass is 289 g/mol. The summed E-state index contributed by atoms with van der Waals surface area (Å²) in [6.45, 7) is 1.77. The minimum atomic E-state index is -0.297. The predicted octanol–water partition coefficient (Wildman–Crippen LogP) is 4.68. The third kappa shape index (κ3) is 3.93. The molecule has 2 aromatic carbocycles. The van der Waals surface area contributed by atoms with Crippen LogP contribution in [-0.4, -0.2) is 5.78 Å². The summed E-state index contributed by atoms with van der Waals surface area (Å²) < 4.78 is 12.8. The van der Waals surface area contributed by atoms with Gasteiger partial charge in [0.1, 0.15) is 5.82 Å². The lowest BCUT2D eigenvalue weighted by Crippen LogP contribution is -2.01. The Morgan fingerprint density at radius 2 is 1.70 bits per heavy atom. The van der Waals surface area contributed by atoms with Crippen molar-refractivity contribution < 1.29 is 9.18 Å². The molecule has 0 heterocycles. The highest BCUT2D eigenvalue weighted by molar-refractivity contribution is 6.30. The highest BCUT2D eigenvalue weighted by Gasteiger charge is 2.03. The van der Waals surface area contributed by atoms with Gasteiger partial charge in [-0.3, -0.25) is 4.79 Å². The average molecular weight is 290 g/mol. The fraction of sp³-hybridized carbons (Fsp3) is 0.0625. The van der Waals surface area contributed by atoms with Crippen LogP contribution in [0.2, 0.25) is 5.02 Å². The van der Waals surface area contributed by atoms with Crippen molar-refractivity contribution in [2.24, 2.45) is 0 Å². The van der Waals surface area contributed by atoms with Gasteiger partial charge in [0, 0.05) is 28.0 Å². The van der Waals surface area contributed by atoms with Gasteiger partial charge in [-0.15, -0.1) is 0 Å². The molecule has 0 fully saturated rings.